The summed E-state index contributed by atoms with van der Waals surface area (Å²) < 4.78 is 0. The molecule has 0 atom stereocenters. The van der Waals surface area contributed by atoms with E-state index in [0.717, 1.165) is 5.57 Å². The molecule has 0 aromatic carbocycles. The molecule has 2 heteroatoms. The highest BCUT2D eigenvalue weighted by molar-refractivity contribution is 5.80. The topological polar surface area (TPSA) is 37.3 Å². The molecule has 0 fully saturated rings. The number of rotatable bonds is 5. The van der Waals surface area contributed by atoms with E-state index in [1.807, 2.05) is 6.92 Å². The number of ketones is 1. The first-order valence-electron chi connectivity index (χ1n) is 3.43. The van der Waals surface area contributed by atoms with Crippen molar-refractivity contribution in [1.82, 2.24) is 0 Å². The van der Waals surface area contributed by atoms with Crippen LogP contribution >= 0.6 is 0 Å². The van der Waals surface area contributed by atoms with Crippen molar-refractivity contribution in [2.75, 3.05) is 6.61 Å². The lowest BCUT2D eigenvalue weighted by atomic mass is 10.1. The Kier molecular flexibility index (Phi) is 4.85. The molecule has 0 unspecified atom stereocenters. The largest absolute Gasteiger partial charge is 0.396 e. The summed E-state index contributed by atoms with van der Waals surface area (Å²) in [6.45, 7) is 5.55. The van der Waals surface area contributed by atoms with Crippen LogP contribution in [0.25, 0.3) is 0 Å². The lowest BCUT2D eigenvalue weighted by Gasteiger charge is -1.96. The average Bonchev–Trinajstić information content (AvgIpc) is 1.82. The smallest absolute Gasteiger partial charge is 0.136 e. The Morgan fingerprint density at radius 2 is 2.20 bits per heavy atom. The summed E-state index contributed by atoms with van der Waals surface area (Å²) in [4.78, 5) is 10.8. The number of aliphatic hydroxyl groups excluding tert-OH is 1. The van der Waals surface area contributed by atoms with Crippen molar-refractivity contribution in [1.29, 1.82) is 0 Å². The number of aliphatic hydroxyl groups is 1. The molecule has 0 radical (unpaired) electrons. The first kappa shape index (κ1) is 9.37. The zero-order chi connectivity index (χ0) is 7.98. The van der Waals surface area contributed by atoms with Gasteiger partial charge in [-0.1, -0.05) is 12.2 Å². The zero-order valence-electron chi connectivity index (χ0n) is 6.39. The second-order valence-electron chi connectivity index (χ2n) is 2.50. The number of carbonyl (C=O) groups excluding carboxylic acids is 1. The molecule has 58 valence electrons. The Morgan fingerprint density at radius 3 is 2.60 bits per heavy atom. The van der Waals surface area contributed by atoms with Crippen LogP contribution in [0.2, 0.25) is 0 Å². The van der Waals surface area contributed by atoms with Gasteiger partial charge < -0.3 is 5.11 Å². The first-order chi connectivity index (χ1) is 4.66. The third-order valence-electron chi connectivity index (χ3n) is 1.11. The predicted octanol–water partition coefficient (Wildman–Crippen LogP) is 1.29. The molecule has 1 N–H and O–H groups in total. The van der Waals surface area contributed by atoms with Gasteiger partial charge in [0.2, 0.25) is 0 Å². The molecule has 0 aliphatic heterocycles. The molecule has 0 aliphatic carbocycles. The monoisotopic (exact) mass is 142 g/mol. The van der Waals surface area contributed by atoms with Gasteiger partial charge in [0.1, 0.15) is 5.78 Å². The highest BCUT2D eigenvalue weighted by Gasteiger charge is 1.99. The van der Waals surface area contributed by atoms with E-state index in [0.29, 0.717) is 19.3 Å². The fraction of sp³-hybridized carbons (Fsp3) is 0.625. The molecule has 0 aromatic rings. The maximum atomic E-state index is 10.8. The van der Waals surface area contributed by atoms with Crippen LogP contribution in [0.15, 0.2) is 12.2 Å². The second-order valence-corrected chi connectivity index (χ2v) is 2.50. The molecule has 0 bridgehead atoms. The van der Waals surface area contributed by atoms with Gasteiger partial charge in [-0.05, 0) is 13.3 Å². The minimum atomic E-state index is 0.0991. The van der Waals surface area contributed by atoms with Gasteiger partial charge in [-0.2, -0.15) is 0 Å². The van der Waals surface area contributed by atoms with Crippen LogP contribution in [0.1, 0.15) is 26.2 Å². The van der Waals surface area contributed by atoms with Crippen molar-refractivity contribution in [3.8, 4) is 0 Å². The van der Waals surface area contributed by atoms with Crippen LogP contribution in [0.5, 0.6) is 0 Å². The van der Waals surface area contributed by atoms with Crippen LogP contribution in [0.3, 0.4) is 0 Å². The molecule has 0 spiro atoms. The number of hydrogen-bond acceptors (Lipinski definition) is 2. The quantitative estimate of drug-likeness (QED) is 0.587. The highest BCUT2D eigenvalue weighted by Crippen LogP contribution is 2.01. The Bertz CT molecular complexity index is 127. The van der Waals surface area contributed by atoms with Crippen LogP contribution < -0.4 is 0 Å². The Balaban J connectivity index is 3.35. The number of carbonyl (C=O) groups is 1. The summed E-state index contributed by atoms with van der Waals surface area (Å²) in [5.74, 6) is 0.168. The van der Waals surface area contributed by atoms with E-state index in [1.165, 1.54) is 0 Å². The molecule has 0 rings (SSSR count). The van der Waals surface area contributed by atoms with Crippen molar-refractivity contribution >= 4 is 5.78 Å². The molecule has 0 saturated heterocycles. The van der Waals surface area contributed by atoms with E-state index in [2.05, 4.69) is 6.58 Å². The molecule has 0 heterocycles. The Morgan fingerprint density at radius 1 is 1.60 bits per heavy atom. The van der Waals surface area contributed by atoms with Crippen LogP contribution in [-0.2, 0) is 4.79 Å². The number of Topliss-reactive ketones (excluding diaryl/α,β-unsaturated/α-hetero) is 1. The molecule has 2 nitrogen and oxygen atoms in total. The summed E-state index contributed by atoms with van der Waals surface area (Å²) in [6.07, 6.45) is 1.51. The van der Waals surface area contributed by atoms with E-state index in [9.17, 15) is 4.79 Å². The van der Waals surface area contributed by atoms with Gasteiger partial charge in [0, 0.05) is 19.4 Å². The molecular formula is C8H14O2. The summed E-state index contributed by atoms with van der Waals surface area (Å²) >= 11 is 0. The highest BCUT2D eigenvalue weighted by atomic mass is 16.3. The van der Waals surface area contributed by atoms with Crippen LogP contribution in [0, 0.1) is 0 Å². The van der Waals surface area contributed by atoms with E-state index in [-0.39, 0.29) is 12.4 Å². The lowest BCUT2D eigenvalue weighted by molar-refractivity contribution is -0.118. The molecule has 0 amide bonds. The van der Waals surface area contributed by atoms with Gasteiger partial charge in [-0.15, -0.1) is 0 Å². The number of allylic oxidation sites excluding steroid dienone is 1. The summed E-state index contributed by atoms with van der Waals surface area (Å²) in [5.41, 5.74) is 0.892. The molecule has 0 aliphatic rings. The van der Waals surface area contributed by atoms with Gasteiger partial charge in [0.25, 0.3) is 0 Å². The van der Waals surface area contributed by atoms with E-state index >= 15 is 0 Å². The van der Waals surface area contributed by atoms with Gasteiger partial charge in [0.15, 0.2) is 0 Å². The van der Waals surface area contributed by atoms with Crippen molar-refractivity contribution in [2.45, 2.75) is 26.2 Å². The predicted molar refractivity (Wildman–Crippen MR) is 40.8 cm³/mol. The maximum absolute atomic E-state index is 10.8. The van der Waals surface area contributed by atoms with Crippen molar-refractivity contribution in [3.63, 3.8) is 0 Å². The minimum Gasteiger partial charge on any atom is -0.396 e. The van der Waals surface area contributed by atoms with Crippen LogP contribution in [0.4, 0.5) is 0 Å². The average molecular weight is 142 g/mol. The van der Waals surface area contributed by atoms with E-state index < -0.39 is 0 Å². The fourth-order valence-electron chi connectivity index (χ4n) is 0.701. The Labute approximate surface area is 61.6 Å². The zero-order valence-corrected chi connectivity index (χ0v) is 6.39. The Hall–Kier alpha value is -0.630. The normalized spacial score (nSPS) is 9.40. The standard InChI is InChI=1S/C8H14O2/c1-7(2)6-8(10)4-3-5-9/h9H,1,3-6H2,2H3. The third kappa shape index (κ3) is 5.51. The fourth-order valence-corrected chi connectivity index (χ4v) is 0.701. The second kappa shape index (κ2) is 5.18. The first-order valence-corrected chi connectivity index (χ1v) is 3.43. The minimum absolute atomic E-state index is 0.0991. The summed E-state index contributed by atoms with van der Waals surface area (Å²) in [6, 6.07) is 0. The van der Waals surface area contributed by atoms with Gasteiger partial charge >= 0.3 is 0 Å². The maximum Gasteiger partial charge on any atom is 0.136 e. The van der Waals surface area contributed by atoms with Crippen LogP contribution in [-0.4, -0.2) is 17.5 Å². The van der Waals surface area contributed by atoms with Crippen molar-refractivity contribution < 1.29 is 9.90 Å². The summed E-state index contributed by atoms with van der Waals surface area (Å²) in [5, 5.41) is 8.37. The molecule has 0 aromatic heterocycles. The van der Waals surface area contributed by atoms with Gasteiger partial charge in [-0.25, -0.2) is 0 Å². The lowest BCUT2D eigenvalue weighted by Crippen LogP contribution is -1.98. The van der Waals surface area contributed by atoms with Gasteiger partial charge in [-0.3, -0.25) is 4.79 Å². The van der Waals surface area contributed by atoms with E-state index in [1.54, 1.807) is 0 Å². The van der Waals surface area contributed by atoms with Crippen molar-refractivity contribution in [3.05, 3.63) is 12.2 Å². The third-order valence-corrected chi connectivity index (χ3v) is 1.11. The van der Waals surface area contributed by atoms with Gasteiger partial charge in [0.05, 0.1) is 0 Å². The van der Waals surface area contributed by atoms with Crippen molar-refractivity contribution in [2.24, 2.45) is 0 Å². The SMILES string of the molecule is C=C(C)CC(=O)CCCO. The number of hydrogen-bond donors (Lipinski definition) is 1. The molecule has 10 heavy (non-hydrogen) atoms. The summed E-state index contributed by atoms with van der Waals surface area (Å²) in [7, 11) is 0. The molecular weight excluding hydrogens is 128 g/mol. The van der Waals surface area contributed by atoms with E-state index in [4.69, 9.17) is 5.11 Å². The molecule has 0 saturated carbocycles.